The molecule has 0 aromatic rings. The van der Waals surface area contributed by atoms with Gasteiger partial charge in [0.25, 0.3) is 10.1 Å². The van der Waals surface area contributed by atoms with Gasteiger partial charge in [-0.25, -0.2) is 9.00 Å². The van der Waals surface area contributed by atoms with Crippen molar-refractivity contribution in [2.75, 3.05) is 11.5 Å². The number of carbonyl (C=O) groups is 1. The van der Waals surface area contributed by atoms with E-state index in [0.29, 0.717) is 19.3 Å². The Bertz CT molecular complexity index is 483. The van der Waals surface area contributed by atoms with Crippen molar-refractivity contribution in [1.82, 2.24) is 0 Å². The Morgan fingerprint density at radius 2 is 1.87 bits per heavy atom. The summed E-state index contributed by atoms with van der Waals surface area (Å²) in [6, 6.07) is 0. The number of unbranched alkanes of at least 4 members (excludes halogenated alkanes) is 2. The first kappa shape index (κ1) is 20.5. The highest BCUT2D eigenvalue weighted by atomic mass is 32.2. The SMILES string of the molecule is CC(OS(=O)(=O)CCCCCS(=O)O)C(=O)OC1CCCCC1. The molecule has 1 saturated carbocycles. The lowest BCUT2D eigenvalue weighted by atomic mass is 9.98. The first-order chi connectivity index (χ1) is 10.8. The van der Waals surface area contributed by atoms with E-state index in [1.54, 1.807) is 0 Å². The van der Waals surface area contributed by atoms with Gasteiger partial charge in [-0.2, -0.15) is 8.42 Å². The third-order valence-electron chi connectivity index (χ3n) is 3.67. The molecule has 2 atom stereocenters. The lowest BCUT2D eigenvalue weighted by Crippen LogP contribution is -2.31. The average Bonchev–Trinajstić information content (AvgIpc) is 2.47. The minimum Gasteiger partial charge on any atom is -0.460 e. The van der Waals surface area contributed by atoms with Crippen molar-refractivity contribution in [3.05, 3.63) is 0 Å². The van der Waals surface area contributed by atoms with Crippen LogP contribution >= 0.6 is 0 Å². The van der Waals surface area contributed by atoms with Gasteiger partial charge in [0.15, 0.2) is 17.2 Å². The van der Waals surface area contributed by atoms with E-state index in [1.165, 1.54) is 6.92 Å². The van der Waals surface area contributed by atoms with Crippen LogP contribution in [0.25, 0.3) is 0 Å². The first-order valence-corrected chi connectivity index (χ1v) is 10.8. The topological polar surface area (TPSA) is 107 Å². The second kappa shape index (κ2) is 10.4. The predicted octanol–water partition coefficient (Wildman–Crippen LogP) is 1.99. The monoisotopic (exact) mass is 370 g/mol. The van der Waals surface area contributed by atoms with Gasteiger partial charge in [-0.05, 0) is 45.4 Å². The van der Waals surface area contributed by atoms with Crippen LogP contribution in [0.1, 0.15) is 58.3 Å². The molecule has 1 N–H and O–H groups in total. The van der Waals surface area contributed by atoms with E-state index in [0.717, 1.165) is 32.1 Å². The fraction of sp³-hybridized carbons (Fsp3) is 0.929. The van der Waals surface area contributed by atoms with Crippen LogP contribution in [0.3, 0.4) is 0 Å². The highest BCUT2D eigenvalue weighted by Crippen LogP contribution is 2.21. The number of rotatable bonds is 10. The summed E-state index contributed by atoms with van der Waals surface area (Å²) >= 11 is -1.85. The van der Waals surface area contributed by atoms with Gasteiger partial charge < -0.3 is 9.29 Å². The van der Waals surface area contributed by atoms with E-state index >= 15 is 0 Å². The number of hydrogen-bond donors (Lipinski definition) is 1. The van der Waals surface area contributed by atoms with Gasteiger partial charge in [0.2, 0.25) is 0 Å². The minimum absolute atomic E-state index is 0.130. The summed E-state index contributed by atoms with van der Waals surface area (Å²) < 4.78 is 52.8. The molecule has 2 unspecified atom stereocenters. The van der Waals surface area contributed by atoms with E-state index in [-0.39, 0.29) is 17.6 Å². The zero-order valence-corrected chi connectivity index (χ0v) is 15.1. The number of hydrogen-bond acceptors (Lipinski definition) is 6. The Kier molecular flexibility index (Phi) is 9.26. The molecule has 7 nitrogen and oxygen atoms in total. The standard InChI is InChI=1S/C14H26O7S2/c1-12(14(15)20-13-8-4-2-5-9-13)21-23(18,19)11-7-3-6-10-22(16)17/h12-13H,2-11H2,1H3,(H,16,17). The second-order valence-electron chi connectivity index (χ2n) is 5.78. The highest BCUT2D eigenvalue weighted by Gasteiger charge is 2.26. The maximum absolute atomic E-state index is 11.9. The number of ether oxygens (including phenoxy) is 1. The van der Waals surface area contributed by atoms with Crippen LogP contribution in [-0.2, 0) is 34.9 Å². The zero-order chi connectivity index (χ0) is 17.3. The molecular formula is C14H26O7S2. The molecule has 0 radical (unpaired) electrons. The van der Waals surface area contributed by atoms with Gasteiger partial charge in [0.1, 0.15) is 6.10 Å². The van der Waals surface area contributed by atoms with Crippen LogP contribution in [0.4, 0.5) is 0 Å². The quantitative estimate of drug-likeness (QED) is 0.271. The predicted molar refractivity (Wildman–Crippen MR) is 86.8 cm³/mol. The maximum atomic E-state index is 11.9. The number of esters is 1. The lowest BCUT2D eigenvalue weighted by Gasteiger charge is -2.23. The second-order valence-corrected chi connectivity index (χ2v) is 8.55. The molecule has 0 aromatic carbocycles. The Hall–Kier alpha value is -0.510. The van der Waals surface area contributed by atoms with Crippen molar-refractivity contribution in [2.24, 2.45) is 0 Å². The van der Waals surface area contributed by atoms with Crippen molar-refractivity contribution in [3.8, 4) is 0 Å². The van der Waals surface area contributed by atoms with Crippen LogP contribution in [0, 0.1) is 0 Å². The number of carbonyl (C=O) groups excluding carboxylic acids is 1. The zero-order valence-electron chi connectivity index (χ0n) is 13.4. The van der Waals surface area contributed by atoms with E-state index in [4.69, 9.17) is 13.5 Å². The van der Waals surface area contributed by atoms with Gasteiger partial charge in [0.05, 0.1) is 5.75 Å². The van der Waals surface area contributed by atoms with Crippen LogP contribution < -0.4 is 0 Å². The molecule has 0 spiro atoms. The largest absolute Gasteiger partial charge is 0.460 e. The molecule has 0 aliphatic heterocycles. The fourth-order valence-corrected chi connectivity index (χ4v) is 4.05. The molecule has 0 aromatic heterocycles. The highest BCUT2D eigenvalue weighted by molar-refractivity contribution is 7.86. The van der Waals surface area contributed by atoms with Crippen molar-refractivity contribution in [1.29, 1.82) is 0 Å². The van der Waals surface area contributed by atoms with Gasteiger partial charge in [0, 0.05) is 5.75 Å². The van der Waals surface area contributed by atoms with Crippen molar-refractivity contribution in [3.63, 3.8) is 0 Å². The van der Waals surface area contributed by atoms with Crippen LogP contribution in [-0.4, -0.2) is 46.9 Å². The Balaban J connectivity index is 2.28. The molecule has 1 aliphatic carbocycles. The van der Waals surface area contributed by atoms with E-state index in [1.807, 2.05) is 0 Å². The van der Waals surface area contributed by atoms with Crippen molar-refractivity contribution in [2.45, 2.75) is 70.5 Å². The molecule has 1 fully saturated rings. The molecule has 23 heavy (non-hydrogen) atoms. The van der Waals surface area contributed by atoms with Crippen LogP contribution in [0.2, 0.25) is 0 Å². The molecular weight excluding hydrogens is 344 g/mol. The lowest BCUT2D eigenvalue weighted by molar-refractivity contribution is -0.157. The molecule has 0 amide bonds. The van der Waals surface area contributed by atoms with Gasteiger partial charge in [-0.3, -0.25) is 4.18 Å². The maximum Gasteiger partial charge on any atom is 0.336 e. The molecule has 0 saturated heterocycles. The van der Waals surface area contributed by atoms with E-state index < -0.39 is 33.3 Å². The summed E-state index contributed by atoms with van der Waals surface area (Å²) in [4.78, 5) is 11.9. The average molecular weight is 370 g/mol. The van der Waals surface area contributed by atoms with Gasteiger partial charge in [-0.1, -0.05) is 12.8 Å². The summed E-state index contributed by atoms with van der Waals surface area (Å²) in [7, 11) is -3.81. The first-order valence-electron chi connectivity index (χ1n) is 7.99. The summed E-state index contributed by atoms with van der Waals surface area (Å²) in [5.41, 5.74) is 0. The Morgan fingerprint density at radius 1 is 1.22 bits per heavy atom. The normalized spacial score (nSPS) is 19.2. The molecule has 1 rings (SSSR count). The van der Waals surface area contributed by atoms with E-state index in [2.05, 4.69) is 0 Å². The molecule has 0 heterocycles. The summed E-state index contributed by atoms with van der Waals surface area (Å²) in [5, 5.41) is 0. The van der Waals surface area contributed by atoms with Gasteiger partial charge >= 0.3 is 5.97 Å². The van der Waals surface area contributed by atoms with Crippen molar-refractivity contribution < 1.29 is 30.9 Å². The third-order valence-corrected chi connectivity index (χ3v) is 5.68. The van der Waals surface area contributed by atoms with Crippen LogP contribution in [0.5, 0.6) is 0 Å². The fourth-order valence-electron chi connectivity index (χ4n) is 2.43. The van der Waals surface area contributed by atoms with E-state index in [9.17, 15) is 17.4 Å². The molecule has 0 bridgehead atoms. The minimum atomic E-state index is -3.81. The Labute approximate surface area is 140 Å². The Morgan fingerprint density at radius 3 is 2.48 bits per heavy atom. The smallest absolute Gasteiger partial charge is 0.336 e. The van der Waals surface area contributed by atoms with Crippen molar-refractivity contribution >= 4 is 27.2 Å². The molecule has 9 heteroatoms. The summed E-state index contributed by atoms with van der Waals surface area (Å²) in [6.07, 6.45) is 4.83. The summed E-state index contributed by atoms with van der Waals surface area (Å²) in [5.74, 6) is -0.729. The molecule has 1 aliphatic rings. The molecule has 136 valence electrons. The van der Waals surface area contributed by atoms with Crippen LogP contribution in [0.15, 0.2) is 0 Å². The van der Waals surface area contributed by atoms with Gasteiger partial charge in [-0.15, -0.1) is 0 Å². The third kappa shape index (κ3) is 9.39. The summed E-state index contributed by atoms with van der Waals surface area (Å²) in [6.45, 7) is 1.37.